The molecule has 0 heterocycles. The molecule has 0 saturated heterocycles. The quantitative estimate of drug-likeness (QED) is 0.666. The number of rotatable bonds is 3. The smallest absolute Gasteiger partial charge is 0.295 e. The lowest BCUT2D eigenvalue weighted by Gasteiger charge is -2.35. The molecule has 1 saturated carbocycles. The second-order valence-electron chi connectivity index (χ2n) is 6.11. The van der Waals surface area contributed by atoms with Gasteiger partial charge in [-0.2, -0.15) is 0 Å². The molecule has 110 valence electrons. The molecule has 1 aromatic carbocycles. The fourth-order valence-corrected chi connectivity index (χ4v) is 2.86. The lowest BCUT2D eigenvalue weighted by atomic mass is 9.75. The van der Waals surface area contributed by atoms with Gasteiger partial charge in [0.2, 0.25) is 0 Å². The van der Waals surface area contributed by atoms with Crippen LogP contribution in [-0.4, -0.2) is 11.0 Å². The van der Waals surface area contributed by atoms with Crippen molar-refractivity contribution in [1.82, 2.24) is 0 Å². The lowest BCUT2D eigenvalue weighted by molar-refractivity contribution is -0.384. The van der Waals surface area contributed by atoms with Crippen molar-refractivity contribution in [3.63, 3.8) is 0 Å². The summed E-state index contributed by atoms with van der Waals surface area (Å²) in [4.78, 5) is 10.2. The second-order valence-corrected chi connectivity index (χ2v) is 6.11. The van der Waals surface area contributed by atoms with Crippen molar-refractivity contribution in [1.29, 1.82) is 0 Å². The molecular formula is C14H18F2N2O2. The zero-order valence-electron chi connectivity index (χ0n) is 11.6. The van der Waals surface area contributed by atoms with E-state index < -0.39 is 22.2 Å². The van der Waals surface area contributed by atoms with Gasteiger partial charge in [0.1, 0.15) is 0 Å². The normalized spacial score (nSPS) is 21.5. The number of nitrogens with zero attached hydrogens (tertiary/aromatic N) is 1. The Morgan fingerprint density at radius 1 is 1.40 bits per heavy atom. The van der Waals surface area contributed by atoms with E-state index in [1.165, 1.54) is 0 Å². The summed E-state index contributed by atoms with van der Waals surface area (Å²) < 4.78 is 27.1. The molecule has 20 heavy (non-hydrogen) atoms. The van der Waals surface area contributed by atoms with E-state index in [9.17, 15) is 18.9 Å². The van der Waals surface area contributed by atoms with Crippen LogP contribution in [0.5, 0.6) is 0 Å². The molecule has 0 bridgehead atoms. The number of halogens is 2. The Balaban J connectivity index is 2.28. The molecule has 0 aromatic heterocycles. The van der Waals surface area contributed by atoms with Gasteiger partial charge >= 0.3 is 0 Å². The molecule has 1 aromatic rings. The first-order valence-corrected chi connectivity index (χ1v) is 6.69. The SMILES string of the molecule is CC1(C)CCCC(Nc2c([N+](=O)[O-])ccc(F)c2F)C1. The maximum absolute atomic E-state index is 13.8. The summed E-state index contributed by atoms with van der Waals surface area (Å²) in [7, 11) is 0. The monoisotopic (exact) mass is 284 g/mol. The Bertz CT molecular complexity index is 532. The minimum Gasteiger partial charge on any atom is -0.374 e. The largest absolute Gasteiger partial charge is 0.374 e. The summed E-state index contributed by atoms with van der Waals surface area (Å²) in [5.74, 6) is -2.25. The van der Waals surface area contributed by atoms with E-state index in [0.717, 1.165) is 37.8 Å². The molecule has 4 nitrogen and oxygen atoms in total. The number of nitrogens with one attached hydrogen (secondary N) is 1. The van der Waals surface area contributed by atoms with Crippen molar-refractivity contribution in [3.05, 3.63) is 33.9 Å². The van der Waals surface area contributed by atoms with Crippen LogP contribution in [0.15, 0.2) is 12.1 Å². The molecule has 6 heteroatoms. The van der Waals surface area contributed by atoms with Crippen molar-refractivity contribution >= 4 is 11.4 Å². The van der Waals surface area contributed by atoms with Crippen LogP contribution < -0.4 is 5.32 Å². The summed E-state index contributed by atoms with van der Waals surface area (Å²) in [5, 5.41) is 13.8. The molecule has 1 unspecified atom stereocenters. The number of hydrogen-bond donors (Lipinski definition) is 1. The standard InChI is InChI=1S/C14H18F2N2O2/c1-14(2)7-3-4-9(8-14)17-13-11(18(19)20)6-5-10(15)12(13)16/h5-6,9,17H,3-4,7-8H2,1-2H3. The Morgan fingerprint density at radius 2 is 2.10 bits per heavy atom. The molecule has 1 atom stereocenters. The zero-order valence-corrected chi connectivity index (χ0v) is 11.6. The number of anilines is 1. The highest BCUT2D eigenvalue weighted by molar-refractivity contribution is 5.63. The van der Waals surface area contributed by atoms with Crippen molar-refractivity contribution < 1.29 is 13.7 Å². The Hall–Kier alpha value is -1.72. The molecule has 1 aliphatic carbocycles. The molecule has 1 fully saturated rings. The minimum atomic E-state index is -1.18. The first-order chi connectivity index (χ1) is 9.30. The predicted molar refractivity (Wildman–Crippen MR) is 72.7 cm³/mol. The van der Waals surface area contributed by atoms with Crippen LogP contribution in [0.2, 0.25) is 0 Å². The van der Waals surface area contributed by atoms with Crippen molar-refractivity contribution in [2.75, 3.05) is 5.32 Å². The zero-order chi connectivity index (χ0) is 14.9. The van der Waals surface area contributed by atoms with Crippen LogP contribution in [0, 0.1) is 27.2 Å². The summed E-state index contributed by atoms with van der Waals surface area (Å²) in [6.45, 7) is 4.22. The van der Waals surface area contributed by atoms with Crippen molar-refractivity contribution in [2.45, 2.75) is 45.6 Å². The first-order valence-electron chi connectivity index (χ1n) is 6.69. The van der Waals surface area contributed by atoms with Gasteiger partial charge in [0.25, 0.3) is 5.69 Å². The van der Waals surface area contributed by atoms with Crippen LogP contribution in [0.4, 0.5) is 20.2 Å². The predicted octanol–water partition coefficient (Wildman–Crippen LogP) is 4.25. The van der Waals surface area contributed by atoms with Crippen LogP contribution in [-0.2, 0) is 0 Å². The molecule has 0 radical (unpaired) electrons. The van der Waals surface area contributed by atoms with E-state index in [1.807, 2.05) is 0 Å². The van der Waals surface area contributed by atoms with Gasteiger partial charge in [-0.1, -0.05) is 20.3 Å². The highest BCUT2D eigenvalue weighted by Gasteiger charge is 2.30. The van der Waals surface area contributed by atoms with Gasteiger partial charge in [0, 0.05) is 12.1 Å². The molecule has 1 N–H and O–H groups in total. The van der Waals surface area contributed by atoms with E-state index in [-0.39, 0.29) is 17.1 Å². The molecule has 0 aliphatic heterocycles. The Kier molecular flexibility index (Phi) is 3.92. The van der Waals surface area contributed by atoms with Crippen LogP contribution in [0.3, 0.4) is 0 Å². The van der Waals surface area contributed by atoms with Gasteiger partial charge in [-0.15, -0.1) is 0 Å². The number of nitro benzene ring substituents is 1. The maximum Gasteiger partial charge on any atom is 0.295 e. The van der Waals surface area contributed by atoms with E-state index in [0.29, 0.717) is 0 Å². The number of benzene rings is 1. The summed E-state index contributed by atoms with van der Waals surface area (Å²) >= 11 is 0. The number of nitro groups is 1. The highest BCUT2D eigenvalue weighted by atomic mass is 19.2. The van der Waals surface area contributed by atoms with E-state index in [1.54, 1.807) is 0 Å². The van der Waals surface area contributed by atoms with E-state index in [2.05, 4.69) is 19.2 Å². The fraction of sp³-hybridized carbons (Fsp3) is 0.571. The Labute approximate surface area is 116 Å². The minimum absolute atomic E-state index is 0.0752. The molecule has 0 amide bonds. The second kappa shape index (κ2) is 5.34. The number of hydrogen-bond acceptors (Lipinski definition) is 3. The third-order valence-corrected chi connectivity index (χ3v) is 3.82. The van der Waals surface area contributed by atoms with Gasteiger partial charge in [-0.25, -0.2) is 8.78 Å². The molecule has 1 aliphatic rings. The topological polar surface area (TPSA) is 55.2 Å². The third-order valence-electron chi connectivity index (χ3n) is 3.82. The van der Waals surface area contributed by atoms with Crippen LogP contribution in [0.25, 0.3) is 0 Å². The summed E-state index contributed by atoms with van der Waals surface area (Å²) in [6, 6.07) is 1.70. The summed E-state index contributed by atoms with van der Waals surface area (Å²) in [6.07, 6.45) is 3.62. The molecule has 2 rings (SSSR count). The average Bonchev–Trinajstić information content (AvgIpc) is 2.33. The van der Waals surface area contributed by atoms with E-state index in [4.69, 9.17) is 0 Å². The third kappa shape index (κ3) is 3.05. The maximum atomic E-state index is 13.8. The van der Waals surface area contributed by atoms with Gasteiger partial charge in [-0.05, 0) is 30.7 Å². The van der Waals surface area contributed by atoms with Gasteiger partial charge in [0.05, 0.1) is 4.92 Å². The molecule has 0 spiro atoms. The Morgan fingerprint density at radius 3 is 2.70 bits per heavy atom. The summed E-state index contributed by atoms with van der Waals surface area (Å²) in [5.41, 5.74) is -0.654. The van der Waals surface area contributed by atoms with Crippen molar-refractivity contribution in [3.8, 4) is 0 Å². The van der Waals surface area contributed by atoms with Crippen LogP contribution in [0.1, 0.15) is 39.5 Å². The van der Waals surface area contributed by atoms with E-state index >= 15 is 0 Å². The van der Waals surface area contributed by atoms with Gasteiger partial charge < -0.3 is 5.32 Å². The van der Waals surface area contributed by atoms with Gasteiger partial charge in [-0.3, -0.25) is 10.1 Å². The molecular weight excluding hydrogens is 266 g/mol. The highest BCUT2D eigenvalue weighted by Crippen LogP contribution is 2.38. The lowest BCUT2D eigenvalue weighted by Crippen LogP contribution is -2.32. The average molecular weight is 284 g/mol. The fourth-order valence-electron chi connectivity index (χ4n) is 2.86. The van der Waals surface area contributed by atoms with Gasteiger partial charge in [0.15, 0.2) is 17.3 Å². The van der Waals surface area contributed by atoms with Crippen LogP contribution >= 0.6 is 0 Å². The first kappa shape index (κ1) is 14.7. The van der Waals surface area contributed by atoms with Crippen molar-refractivity contribution in [2.24, 2.45) is 5.41 Å².